The van der Waals surface area contributed by atoms with E-state index in [0.29, 0.717) is 15.8 Å². The lowest BCUT2D eigenvalue weighted by Gasteiger charge is -2.13. The number of hydrogen-bond donors (Lipinski definition) is 1. The van der Waals surface area contributed by atoms with Crippen molar-refractivity contribution in [3.8, 4) is 29.1 Å². The molecule has 3 rings (SSSR count). The first-order chi connectivity index (χ1) is 18.2. The first kappa shape index (κ1) is 27.7. The molecule has 1 amide bonds. The number of nitro benzene ring substituents is 1. The van der Waals surface area contributed by atoms with Crippen LogP contribution in [-0.4, -0.2) is 38.1 Å². The van der Waals surface area contributed by atoms with E-state index in [1.165, 1.54) is 51.7 Å². The molecule has 12 heteroatoms. The molecule has 0 aliphatic carbocycles. The van der Waals surface area contributed by atoms with Gasteiger partial charge in [0.25, 0.3) is 11.6 Å². The van der Waals surface area contributed by atoms with Crippen LogP contribution < -0.4 is 24.3 Å². The van der Waals surface area contributed by atoms with E-state index in [1.807, 2.05) is 0 Å². The van der Waals surface area contributed by atoms with Gasteiger partial charge in [0.15, 0.2) is 11.5 Å². The average molecular weight is 582 g/mol. The summed E-state index contributed by atoms with van der Waals surface area (Å²) in [5.41, 5.74) is 0.0966. The number of nitriles is 1. The van der Waals surface area contributed by atoms with Crippen molar-refractivity contribution < 1.29 is 33.5 Å². The summed E-state index contributed by atoms with van der Waals surface area (Å²) in [5, 5.41) is 23.2. The van der Waals surface area contributed by atoms with Crippen molar-refractivity contribution in [2.45, 2.75) is 0 Å². The maximum atomic E-state index is 12.8. The van der Waals surface area contributed by atoms with E-state index in [9.17, 15) is 25.0 Å². The van der Waals surface area contributed by atoms with E-state index in [1.54, 1.807) is 30.3 Å². The van der Waals surface area contributed by atoms with Crippen molar-refractivity contribution in [1.29, 1.82) is 5.26 Å². The van der Waals surface area contributed by atoms with Crippen LogP contribution in [0.2, 0.25) is 0 Å². The predicted molar refractivity (Wildman–Crippen MR) is 141 cm³/mol. The SMILES string of the molecule is COc1ccc(C(=O)Oc2c(Br)cc(/C=C(\C#N)C(=O)Nc3cc([N+](=O)[O-])ccc3OC)cc2OC)cc1. The number of carbonyl (C=O) groups is 2. The molecule has 0 aromatic heterocycles. The van der Waals surface area contributed by atoms with Gasteiger partial charge in [-0.15, -0.1) is 0 Å². The Hall–Kier alpha value is -4.89. The minimum absolute atomic E-state index is 0.0207. The summed E-state index contributed by atoms with van der Waals surface area (Å²) in [6, 6.07) is 14.8. The number of anilines is 1. The number of benzene rings is 3. The molecular weight excluding hydrogens is 562 g/mol. The van der Waals surface area contributed by atoms with Gasteiger partial charge in [-0.25, -0.2) is 4.79 Å². The number of carbonyl (C=O) groups excluding carboxylic acids is 2. The number of esters is 1. The van der Waals surface area contributed by atoms with Crippen LogP contribution in [0.3, 0.4) is 0 Å². The van der Waals surface area contributed by atoms with Gasteiger partial charge in [-0.2, -0.15) is 5.26 Å². The fourth-order valence-electron chi connectivity index (χ4n) is 3.21. The lowest BCUT2D eigenvalue weighted by Crippen LogP contribution is -2.14. The lowest BCUT2D eigenvalue weighted by atomic mass is 10.1. The van der Waals surface area contributed by atoms with Gasteiger partial charge in [-0.3, -0.25) is 14.9 Å². The molecule has 0 aliphatic heterocycles. The summed E-state index contributed by atoms with van der Waals surface area (Å²) in [6.45, 7) is 0. The molecule has 0 heterocycles. The molecule has 0 unspecified atom stereocenters. The number of nitrogens with zero attached hydrogens (tertiary/aromatic N) is 2. The third-order valence-corrected chi connectivity index (χ3v) is 5.68. The quantitative estimate of drug-likeness (QED) is 0.0903. The molecule has 0 saturated heterocycles. The van der Waals surface area contributed by atoms with Gasteiger partial charge in [0, 0.05) is 12.1 Å². The Morgan fingerprint density at radius 2 is 1.68 bits per heavy atom. The van der Waals surface area contributed by atoms with Crippen molar-refractivity contribution in [3.05, 3.63) is 85.9 Å². The van der Waals surface area contributed by atoms with Gasteiger partial charge in [0.1, 0.15) is 23.1 Å². The molecule has 11 nitrogen and oxygen atoms in total. The van der Waals surface area contributed by atoms with Gasteiger partial charge in [0.2, 0.25) is 0 Å². The number of amides is 1. The molecule has 0 aliphatic rings. The number of nitrogens with one attached hydrogen (secondary N) is 1. The predicted octanol–water partition coefficient (Wildman–Crippen LogP) is 5.15. The highest BCUT2D eigenvalue weighted by Crippen LogP contribution is 2.38. The van der Waals surface area contributed by atoms with E-state index in [0.717, 1.165) is 6.07 Å². The summed E-state index contributed by atoms with van der Waals surface area (Å²) in [7, 11) is 4.22. The molecule has 1 N–H and O–H groups in total. The molecule has 38 heavy (non-hydrogen) atoms. The van der Waals surface area contributed by atoms with Crippen LogP contribution in [0, 0.1) is 21.4 Å². The van der Waals surface area contributed by atoms with Crippen molar-refractivity contribution in [2.24, 2.45) is 0 Å². The van der Waals surface area contributed by atoms with Gasteiger partial charge >= 0.3 is 5.97 Å². The number of methoxy groups -OCH3 is 3. The molecule has 0 atom stereocenters. The Kier molecular flexibility index (Phi) is 9.02. The van der Waals surface area contributed by atoms with Crippen molar-refractivity contribution in [2.75, 3.05) is 26.6 Å². The highest BCUT2D eigenvalue weighted by atomic mass is 79.9. The van der Waals surface area contributed by atoms with Crippen molar-refractivity contribution in [1.82, 2.24) is 0 Å². The largest absolute Gasteiger partial charge is 0.497 e. The van der Waals surface area contributed by atoms with Crippen LogP contribution in [0.5, 0.6) is 23.0 Å². The van der Waals surface area contributed by atoms with E-state index in [2.05, 4.69) is 21.2 Å². The Labute approximate surface area is 225 Å². The summed E-state index contributed by atoms with van der Waals surface area (Å²) in [6.07, 6.45) is 1.28. The lowest BCUT2D eigenvalue weighted by molar-refractivity contribution is -0.384. The van der Waals surface area contributed by atoms with E-state index in [4.69, 9.17) is 18.9 Å². The monoisotopic (exact) mass is 581 g/mol. The second-order valence-corrected chi connectivity index (χ2v) is 8.27. The van der Waals surface area contributed by atoms with E-state index < -0.39 is 16.8 Å². The fraction of sp³-hybridized carbons (Fsp3) is 0.115. The Morgan fingerprint density at radius 1 is 1.00 bits per heavy atom. The van der Waals surface area contributed by atoms with Crippen LogP contribution in [-0.2, 0) is 4.79 Å². The Morgan fingerprint density at radius 3 is 2.26 bits per heavy atom. The molecule has 0 radical (unpaired) electrons. The highest BCUT2D eigenvalue weighted by Gasteiger charge is 2.19. The molecular formula is C26H20BrN3O8. The maximum absolute atomic E-state index is 12.8. The van der Waals surface area contributed by atoms with Crippen LogP contribution in [0.1, 0.15) is 15.9 Å². The zero-order valence-electron chi connectivity index (χ0n) is 20.3. The summed E-state index contributed by atoms with van der Waals surface area (Å²) >= 11 is 3.34. The topological polar surface area (TPSA) is 150 Å². The normalized spacial score (nSPS) is 10.7. The minimum atomic E-state index is -0.823. The van der Waals surface area contributed by atoms with Gasteiger partial charge in [-0.1, -0.05) is 0 Å². The third-order valence-electron chi connectivity index (χ3n) is 5.09. The number of nitro groups is 1. The molecule has 0 saturated carbocycles. The summed E-state index contributed by atoms with van der Waals surface area (Å²) in [4.78, 5) is 35.9. The number of rotatable bonds is 9. The molecule has 3 aromatic carbocycles. The van der Waals surface area contributed by atoms with E-state index >= 15 is 0 Å². The Balaban J connectivity index is 1.88. The third kappa shape index (κ3) is 6.45. The van der Waals surface area contributed by atoms with Crippen molar-refractivity contribution >= 4 is 45.3 Å². The molecule has 3 aromatic rings. The first-order valence-corrected chi connectivity index (χ1v) is 11.5. The zero-order chi connectivity index (χ0) is 27.8. The van der Waals surface area contributed by atoms with Gasteiger partial charge < -0.3 is 24.3 Å². The number of halogens is 1. The van der Waals surface area contributed by atoms with E-state index in [-0.39, 0.29) is 39.8 Å². The maximum Gasteiger partial charge on any atom is 0.343 e. The van der Waals surface area contributed by atoms with Crippen LogP contribution >= 0.6 is 15.9 Å². The minimum Gasteiger partial charge on any atom is -0.497 e. The number of non-ortho nitro benzene ring substituents is 1. The fourth-order valence-corrected chi connectivity index (χ4v) is 3.75. The smallest absolute Gasteiger partial charge is 0.343 e. The van der Waals surface area contributed by atoms with Crippen molar-refractivity contribution in [3.63, 3.8) is 0 Å². The standard InChI is InChI=1S/C26H20BrN3O8/c1-35-19-7-4-16(5-8-19)26(32)38-24-20(27)11-15(12-23(24)37-3)10-17(14-28)25(31)29-21-13-18(30(33)34)6-9-22(21)36-2/h4-13H,1-3H3,(H,29,31)/b17-10+. The number of hydrogen-bond acceptors (Lipinski definition) is 9. The second kappa shape index (κ2) is 12.4. The first-order valence-electron chi connectivity index (χ1n) is 10.7. The van der Waals surface area contributed by atoms with Crippen LogP contribution in [0.15, 0.2) is 64.6 Å². The van der Waals surface area contributed by atoms with Gasteiger partial charge in [0.05, 0.1) is 42.0 Å². The molecule has 0 bridgehead atoms. The zero-order valence-corrected chi connectivity index (χ0v) is 21.9. The molecule has 194 valence electrons. The molecule has 0 spiro atoms. The summed E-state index contributed by atoms with van der Waals surface area (Å²) in [5.74, 6) is -0.457. The highest BCUT2D eigenvalue weighted by molar-refractivity contribution is 9.10. The van der Waals surface area contributed by atoms with Crippen LogP contribution in [0.25, 0.3) is 6.08 Å². The number of ether oxygens (including phenoxy) is 4. The van der Waals surface area contributed by atoms with Crippen LogP contribution in [0.4, 0.5) is 11.4 Å². The average Bonchev–Trinajstić information content (AvgIpc) is 2.92. The van der Waals surface area contributed by atoms with Gasteiger partial charge in [-0.05, 0) is 70.0 Å². The Bertz CT molecular complexity index is 1460. The second-order valence-electron chi connectivity index (χ2n) is 7.42. The summed E-state index contributed by atoms with van der Waals surface area (Å²) < 4.78 is 21.4. The molecule has 0 fully saturated rings.